The maximum absolute atomic E-state index is 11.3. The number of halogens is 1. The van der Waals surface area contributed by atoms with E-state index in [0.29, 0.717) is 11.3 Å². The molecule has 0 aromatic carbocycles. The number of carbonyl (C=O) groups excluding carboxylic acids is 1. The van der Waals surface area contributed by atoms with Crippen molar-refractivity contribution in [1.82, 2.24) is 4.90 Å². The molecule has 0 radical (unpaired) electrons. The van der Waals surface area contributed by atoms with Crippen LogP contribution in [-0.4, -0.2) is 52.9 Å². The van der Waals surface area contributed by atoms with E-state index in [9.17, 15) is 4.79 Å². The highest BCUT2D eigenvalue weighted by molar-refractivity contribution is 9.10. The summed E-state index contributed by atoms with van der Waals surface area (Å²) in [6, 6.07) is 0.522. The van der Waals surface area contributed by atoms with E-state index in [1.54, 1.807) is 0 Å². The highest BCUT2D eigenvalue weighted by atomic mass is 79.9. The van der Waals surface area contributed by atoms with Gasteiger partial charge >= 0.3 is 5.97 Å². The van der Waals surface area contributed by atoms with Crippen LogP contribution in [0.1, 0.15) is 13.8 Å². The minimum absolute atomic E-state index is 0.187. The molecule has 0 spiro atoms. The van der Waals surface area contributed by atoms with Crippen molar-refractivity contribution in [3.05, 3.63) is 0 Å². The number of carbonyl (C=O) groups is 1. The number of hydrogen-bond donors (Lipinski definition) is 0. The normalized spacial score (nSPS) is 29.9. The SMILES string of the molecule is COC(=O)C(Br)CN1CCSC(C)C1C. The predicted octanol–water partition coefficient (Wildman–Crippen LogP) is 1.75. The molecule has 0 aliphatic carbocycles. The van der Waals surface area contributed by atoms with Crippen LogP contribution in [0.2, 0.25) is 0 Å². The van der Waals surface area contributed by atoms with Gasteiger partial charge in [0.2, 0.25) is 0 Å². The fraction of sp³-hybridized carbons (Fsp3) is 0.900. The standard InChI is InChI=1S/C10H18BrNO2S/c1-7-8(2)15-5-4-12(7)6-9(11)10(13)14-3/h7-9H,4-6H2,1-3H3. The summed E-state index contributed by atoms with van der Waals surface area (Å²) in [5.74, 6) is 0.958. The Balaban J connectivity index is 2.46. The molecule has 0 N–H and O–H groups in total. The molecule has 0 aromatic rings. The molecule has 0 amide bonds. The first-order valence-electron chi connectivity index (χ1n) is 5.13. The molecular weight excluding hydrogens is 278 g/mol. The Morgan fingerprint density at radius 1 is 1.67 bits per heavy atom. The Labute approximate surface area is 104 Å². The number of hydrogen-bond acceptors (Lipinski definition) is 4. The zero-order chi connectivity index (χ0) is 11.4. The van der Waals surface area contributed by atoms with Gasteiger partial charge in [-0.25, -0.2) is 0 Å². The van der Waals surface area contributed by atoms with Gasteiger partial charge in [-0.3, -0.25) is 9.69 Å². The van der Waals surface area contributed by atoms with E-state index >= 15 is 0 Å². The molecule has 1 aliphatic rings. The van der Waals surface area contributed by atoms with Crippen LogP contribution in [0, 0.1) is 0 Å². The van der Waals surface area contributed by atoms with E-state index in [1.807, 2.05) is 11.8 Å². The van der Waals surface area contributed by atoms with E-state index < -0.39 is 0 Å². The highest BCUT2D eigenvalue weighted by Crippen LogP contribution is 2.24. The Kier molecular flexibility index (Phi) is 5.43. The lowest BCUT2D eigenvalue weighted by atomic mass is 10.2. The van der Waals surface area contributed by atoms with Gasteiger partial charge < -0.3 is 4.74 Å². The average Bonchev–Trinajstić information content (AvgIpc) is 2.23. The Morgan fingerprint density at radius 2 is 2.33 bits per heavy atom. The Bertz CT molecular complexity index is 227. The van der Waals surface area contributed by atoms with Gasteiger partial charge in [0.05, 0.1) is 7.11 Å². The van der Waals surface area contributed by atoms with Crippen molar-refractivity contribution in [2.75, 3.05) is 26.0 Å². The van der Waals surface area contributed by atoms with Gasteiger partial charge in [0, 0.05) is 30.1 Å². The van der Waals surface area contributed by atoms with Crippen LogP contribution in [-0.2, 0) is 9.53 Å². The lowest BCUT2D eigenvalue weighted by Crippen LogP contribution is -2.48. The summed E-state index contributed by atoms with van der Waals surface area (Å²) in [7, 11) is 1.43. The maximum Gasteiger partial charge on any atom is 0.320 e. The van der Waals surface area contributed by atoms with Crippen LogP contribution in [0.25, 0.3) is 0 Å². The summed E-state index contributed by atoms with van der Waals surface area (Å²) in [6.45, 7) is 6.24. The summed E-state index contributed by atoms with van der Waals surface area (Å²) >= 11 is 5.36. The largest absolute Gasteiger partial charge is 0.468 e. The van der Waals surface area contributed by atoms with Crippen LogP contribution in [0.4, 0.5) is 0 Å². The van der Waals surface area contributed by atoms with Crippen LogP contribution >= 0.6 is 27.7 Å². The molecule has 3 atom stereocenters. The third-order valence-electron chi connectivity index (χ3n) is 2.87. The number of ether oxygens (including phenoxy) is 1. The first-order valence-corrected chi connectivity index (χ1v) is 7.10. The third-order valence-corrected chi connectivity index (χ3v) is 4.87. The second kappa shape index (κ2) is 6.11. The van der Waals surface area contributed by atoms with Crippen molar-refractivity contribution in [2.45, 2.75) is 30.0 Å². The second-order valence-corrected chi connectivity index (χ2v) is 6.39. The number of alkyl halides is 1. The molecule has 0 bridgehead atoms. The Morgan fingerprint density at radius 3 is 2.93 bits per heavy atom. The van der Waals surface area contributed by atoms with Gasteiger partial charge in [0.1, 0.15) is 4.83 Å². The average molecular weight is 296 g/mol. The van der Waals surface area contributed by atoms with Gasteiger partial charge in [0.25, 0.3) is 0 Å². The van der Waals surface area contributed by atoms with Crippen molar-refractivity contribution in [3.63, 3.8) is 0 Å². The quantitative estimate of drug-likeness (QED) is 0.586. The van der Waals surface area contributed by atoms with Gasteiger partial charge in [-0.1, -0.05) is 22.9 Å². The van der Waals surface area contributed by atoms with Crippen LogP contribution in [0.15, 0.2) is 0 Å². The number of methoxy groups -OCH3 is 1. The molecule has 88 valence electrons. The molecule has 1 heterocycles. The second-order valence-electron chi connectivity index (χ2n) is 3.80. The van der Waals surface area contributed by atoms with Crippen molar-refractivity contribution >= 4 is 33.7 Å². The highest BCUT2D eigenvalue weighted by Gasteiger charge is 2.28. The van der Waals surface area contributed by atoms with Crippen molar-refractivity contribution < 1.29 is 9.53 Å². The van der Waals surface area contributed by atoms with Gasteiger partial charge in [0.15, 0.2) is 0 Å². The molecule has 1 aliphatic heterocycles. The van der Waals surface area contributed by atoms with E-state index in [0.717, 1.165) is 18.8 Å². The van der Waals surface area contributed by atoms with E-state index in [-0.39, 0.29) is 10.8 Å². The first-order chi connectivity index (χ1) is 7.06. The topological polar surface area (TPSA) is 29.5 Å². The van der Waals surface area contributed by atoms with E-state index in [1.165, 1.54) is 7.11 Å². The molecule has 15 heavy (non-hydrogen) atoms. The number of esters is 1. The summed E-state index contributed by atoms with van der Waals surface area (Å²) in [5.41, 5.74) is 0. The summed E-state index contributed by atoms with van der Waals surface area (Å²) < 4.78 is 4.70. The minimum atomic E-state index is -0.208. The Hall–Kier alpha value is 0.260. The number of rotatable bonds is 3. The van der Waals surface area contributed by atoms with Crippen LogP contribution < -0.4 is 0 Å². The van der Waals surface area contributed by atoms with Crippen molar-refractivity contribution in [2.24, 2.45) is 0 Å². The van der Waals surface area contributed by atoms with E-state index in [2.05, 4.69) is 34.7 Å². The maximum atomic E-state index is 11.3. The summed E-state index contributed by atoms with van der Waals surface area (Å²) in [5, 5.41) is 0.635. The van der Waals surface area contributed by atoms with Gasteiger partial charge in [-0.05, 0) is 6.92 Å². The zero-order valence-electron chi connectivity index (χ0n) is 9.40. The molecule has 3 unspecified atom stereocenters. The van der Waals surface area contributed by atoms with Crippen LogP contribution in [0.3, 0.4) is 0 Å². The molecule has 1 rings (SSSR count). The smallest absolute Gasteiger partial charge is 0.320 e. The van der Waals surface area contributed by atoms with Crippen molar-refractivity contribution in [3.8, 4) is 0 Å². The fourth-order valence-corrected chi connectivity index (χ4v) is 3.38. The summed E-state index contributed by atoms with van der Waals surface area (Å²) in [4.78, 5) is 13.4. The fourth-order valence-electron chi connectivity index (χ4n) is 1.66. The molecule has 1 fully saturated rings. The molecule has 3 nitrogen and oxygen atoms in total. The molecule has 1 saturated heterocycles. The zero-order valence-corrected chi connectivity index (χ0v) is 11.8. The molecule has 5 heteroatoms. The number of nitrogens with zero attached hydrogens (tertiary/aromatic N) is 1. The lowest BCUT2D eigenvalue weighted by Gasteiger charge is -2.38. The molecular formula is C10H18BrNO2S. The minimum Gasteiger partial charge on any atom is -0.468 e. The van der Waals surface area contributed by atoms with Gasteiger partial charge in [-0.15, -0.1) is 0 Å². The van der Waals surface area contributed by atoms with Crippen molar-refractivity contribution in [1.29, 1.82) is 0 Å². The predicted molar refractivity (Wildman–Crippen MR) is 67.7 cm³/mol. The van der Waals surface area contributed by atoms with Crippen LogP contribution in [0.5, 0.6) is 0 Å². The van der Waals surface area contributed by atoms with E-state index in [4.69, 9.17) is 4.74 Å². The molecule has 0 saturated carbocycles. The van der Waals surface area contributed by atoms with Gasteiger partial charge in [-0.2, -0.15) is 11.8 Å². The molecule has 0 aromatic heterocycles. The monoisotopic (exact) mass is 295 g/mol. The lowest BCUT2D eigenvalue weighted by molar-refractivity contribution is -0.140. The number of thioether (sulfide) groups is 1. The third kappa shape index (κ3) is 3.64. The summed E-state index contributed by atoms with van der Waals surface area (Å²) in [6.07, 6.45) is 0. The first kappa shape index (κ1) is 13.3.